The van der Waals surface area contributed by atoms with E-state index in [0.29, 0.717) is 28.5 Å². The molecule has 6 nitrogen and oxygen atoms in total. The van der Waals surface area contributed by atoms with E-state index in [0.717, 1.165) is 23.5 Å². The summed E-state index contributed by atoms with van der Waals surface area (Å²) in [6.45, 7) is 3.32. The number of carbonyl (C=O) groups is 1. The minimum absolute atomic E-state index is 0.00689. The van der Waals surface area contributed by atoms with E-state index >= 15 is 0 Å². The van der Waals surface area contributed by atoms with Crippen molar-refractivity contribution in [3.05, 3.63) is 53.6 Å². The highest BCUT2D eigenvalue weighted by Gasteiger charge is 2.22. The zero-order valence-corrected chi connectivity index (χ0v) is 18.2. The van der Waals surface area contributed by atoms with Crippen LogP contribution in [0.2, 0.25) is 5.02 Å². The van der Waals surface area contributed by atoms with Crippen molar-refractivity contribution in [1.82, 2.24) is 20.1 Å². The Bertz CT molecular complexity index is 1020. The van der Waals surface area contributed by atoms with Crippen LogP contribution in [-0.2, 0) is 4.79 Å². The highest BCUT2D eigenvalue weighted by molar-refractivity contribution is 7.99. The molecule has 1 aliphatic carbocycles. The SMILES string of the molecule is CCOc1ccc(-n2c(SCC(=O)NCC3CC3)nnc2-c2ccccc2Cl)cc1. The average Bonchev–Trinajstić information content (AvgIpc) is 3.50. The first-order valence-electron chi connectivity index (χ1n) is 9.98. The quantitative estimate of drug-likeness (QED) is 0.490. The summed E-state index contributed by atoms with van der Waals surface area (Å²) in [5.41, 5.74) is 1.66. The Kier molecular flexibility index (Phi) is 6.59. The zero-order chi connectivity index (χ0) is 20.9. The van der Waals surface area contributed by atoms with E-state index in [1.54, 1.807) is 0 Å². The third-order valence-electron chi connectivity index (χ3n) is 4.77. The van der Waals surface area contributed by atoms with Crippen LogP contribution in [0.4, 0.5) is 0 Å². The van der Waals surface area contributed by atoms with E-state index in [4.69, 9.17) is 16.3 Å². The number of rotatable bonds is 9. The minimum atomic E-state index is 0.00689. The van der Waals surface area contributed by atoms with Gasteiger partial charge in [0.25, 0.3) is 0 Å². The maximum atomic E-state index is 12.2. The molecule has 0 radical (unpaired) electrons. The molecule has 0 spiro atoms. The predicted octanol–water partition coefficient (Wildman–Crippen LogP) is 4.60. The molecule has 30 heavy (non-hydrogen) atoms. The van der Waals surface area contributed by atoms with Gasteiger partial charge in [0.1, 0.15) is 5.75 Å². The lowest BCUT2D eigenvalue weighted by atomic mass is 10.2. The van der Waals surface area contributed by atoms with E-state index < -0.39 is 0 Å². The number of carbonyl (C=O) groups excluding carboxylic acids is 1. The molecule has 0 unspecified atom stereocenters. The maximum Gasteiger partial charge on any atom is 0.230 e. The third-order valence-corrected chi connectivity index (χ3v) is 6.03. The lowest BCUT2D eigenvalue weighted by molar-refractivity contribution is -0.118. The predicted molar refractivity (Wildman–Crippen MR) is 119 cm³/mol. The van der Waals surface area contributed by atoms with Gasteiger partial charge >= 0.3 is 0 Å². The van der Waals surface area contributed by atoms with E-state index in [9.17, 15) is 4.79 Å². The number of nitrogens with one attached hydrogen (secondary N) is 1. The third kappa shape index (κ3) is 4.96. The second-order valence-corrected chi connectivity index (χ2v) is 8.43. The smallest absolute Gasteiger partial charge is 0.230 e. The molecule has 1 fully saturated rings. The molecule has 8 heteroatoms. The fourth-order valence-electron chi connectivity index (χ4n) is 3.03. The van der Waals surface area contributed by atoms with Crippen LogP contribution in [0.5, 0.6) is 5.75 Å². The summed E-state index contributed by atoms with van der Waals surface area (Å²) in [6.07, 6.45) is 2.42. The van der Waals surface area contributed by atoms with Crippen molar-refractivity contribution < 1.29 is 9.53 Å². The van der Waals surface area contributed by atoms with Gasteiger partial charge in [-0.05, 0) is 62.1 Å². The highest BCUT2D eigenvalue weighted by Crippen LogP contribution is 2.32. The number of benzene rings is 2. The van der Waals surface area contributed by atoms with Crippen LogP contribution in [0.3, 0.4) is 0 Å². The fourth-order valence-corrected chi connectivity index (χ4v) is 4.03. The molecule has 0 aliphatic heterocycles. The Labute approximate surface area is 185 Å². The van der Waals surface area contributed by atoms with E-state index in [1.807, 2.05) is 60.0 Å². The van der Waals surface area contributed by atoms with Crippen LogP contribution in [0.1, 0.15) is 19.8 Å². The molecule has 4 rings (SSSR count). The van der Waals surface area contributed by atoms with E-state index in [-0.39, 0.29) is 11.7 Å². The van der Waals surface area contributed by atoms with Crippen LogP contribution >= 0.6 is 23.4 Å². The Morgan fingerprint density at radius 3 is 2.67 bits per heavy atom. The number of hydrogen-bond acceptors (Lipinski definition) is 5. The Balaban J connectivity index is 1.62. The molecular weight excluding hydrogens is 420 g/mol. The number of amides is 1. The van der Waals surface area contributed by atoms with Gasteiger partial charge in [-0.2, -0.15) is 0 Å². The highest BCUT2D eigenvalue weighted by atomic mass is 35.5. The molecular formula is C22H23ClN4O2S. The summed E-state index contributed by atoms with van der Waals surface area (Å²) < 4.78 is 7.48. The van der Waals surface area contributed by atoms with Crippen LogP contribution in [0.25, 0.3) is 17.1 Å². The van der Waals surface area contributed by atoms with Crippen molar-refractivity contribution in [1.29, 1.82) is 0 Å². The summed E-state index contributed by atoms with van der Waals surface area (Å²) >= 11 is 7.79. The second kappa shape index (κ2) is 9.53. The van der Waals surface area contributed by atoms with Gasteiger partial charge in [-0.25, -0.2) is 0 Å². The standard InChI is InChI=1S/C22H23ClN4O2S/c1-2-29-17-11-9-16(10-12-17)27-21(18-5-3-4-6-19(18)23)25-26-22(27)30-14-20(28)24-13-15-7-8-15/h3-6,9-12,15H,2,7-8,13-14H2,1H3,(H,24,28). The number of halogens is 1. The Hall–Kier alpha value is -2.51. The normalized spacial score (nSPS) is 13.3. The van der Waals surface area contributed by atoms with Crippen molar-refractivity contribution in [3.63, 3.8) is 0 Å². The van der Waals surface area contributed by atoms with Gasteiger partial charge in [-0.15, -0.1) is 10.2 Å². The van der Waals surface area contributed by atoms with Crippen LogP contribution in [-0.4, -0.2) is 39.6 Å². The van der Waals surface area contributed by atoms with Gasteiger partial charge in [0.15, 0.2) is 11.0 Å². The average molecular weight is 443 g/mol. The molecule has 2 aromatic carbocycles. The largest absolute Gasteiger partial charge is 0.494 e. The topological polar surface area (TPSA) is 69.0 Å². The van der Waals surface area contributed by atoms with Gasteiger partial charge in [0, 0.05) is 17.8 Å². The van der Waals surface area contributed by atoms with Gasteiger partial charge < -0.3 is 10.1 Å². The van der Waals surface area contributed by atoms with E-state index in [2.05, 4.69) is 15.5 Å². The monoisotopic (exact) mass is 442 g/mol. The summed E-state index contributed by atoms with van der Waals surface area (Å²) in [6, 6.07) is 15.2. The number of nitrogens with zero attached hydrogens (tertiary/aromatic N) is 3. The van der Waals surface area contributed by atoms with Crippen LogP contribution in [0, 0.1) is 5.92 Å². The summed E-state index contributed by atoms with van der Waals surface area (Å²) in [4.78, 5) is 12.2. The molecule has 1 N–H and O–H groups in total. The van der Waals surface area contributed by atoms with Crippen LogP contribution < -0.4 is 10.1 Å². The second-order valence-electron chi connectivity index (χ2n) is 7.08. The number of aromatic nitrogens is 3. The molecule has 3 aromatic rings. The minimum Gasteiger partial charge on any atom is -0.494 e. The van der Waals surface area contributed by atoms with Crippen LogP contribution in [0.15, 0.2) is 53.7 Å². The van der Waals surface area contributed by atoms with Gasteiger partial charge in [0.2, 0.25) is 5.91 Å². The molecule has 0 atom stereocenters. The van der Waals surface area contributed by atoms with Gasteiger partial charge in [0.05, 0.1) is 17.4 Å². The molecule has 156 valence electrons. The fraction of sp³-hybridized carbons (Fsp3) is 0.318. The summed E-state index contributed by atoms with van der Waals surface area (Å²) in [5.74, 6) is 2.36. The van der Waals surface area contributed by atoms with E-state index in [1.165, 1.54) is 24.6 Å². The first-order chi connectivity index (χ1) is 14.7. The van der Waals surface area contributed by atoms with Crippen molar-refractivity contribution in [3.8, 4) is 22.8 Å². The van der Waals surface area contributed by atoms with Gasteiger partial charge in [-0.3, -0.25) is 9.36 Å². The molecule has 1 aromatic heterocycles. The first-order valence-corrected chi connectivity index (χ1v) is 11.3. The number of ether oxygens (including phenoxy) is 1. The van der Waals surface area contributed by atoms with Crippen molar-refractivity contribution in [2.24, 2.45) is 5.92 Å². The molecule has 1 aliphatic rings. The number of hydrogen-bond donors (Lipinski definition) is 1. The summed E-state index contributed by atoms with van der Waals surface area (Å²) in [7, 11) is 0. The van der Waals surface area contributed by atoms with Crippen molar-refractivity contribution >= 4 is 29.3 Å². The molecule has 0 saturated heterocycles. The Morgan fingerprint density at radius 1 is 1.20 bits per heavy atom. The lowest BCUT2D eigenvalue weighted by Crippen LogP contribution is -2.27. The van der Waals surface area contributed by atoms with Crippen molar-refractivity contribution in [2.75, 3.05) is 18.9 Å². The van der Waals surface area contributed by atoms with Crippen molar-refractivity contribution in [2.45, 2.75) is 24.9 Å². The summed E-state index contributed by atoms with van der Waals surface area (Å²) in [5, 5.41) is 13.0. The van der Waals surface area contributed by atoms with Gasteiger partial charge in [-0.1, -0.05) is 35.5 Å². The lowest BCUT2D eigenvalue weighted by Gasteiger charge is -2.12. The zero-order valence-electron chi connectivity index (χ0n) is 16.7. The molecule has 1 amide bonds. The molecule has 0 bridgehead atoms. The Morgan fingerprint density at radius 2 is 1.97 bits per heavy atom. The maximum absolute atomic E-state index is 12.2. The number of thioether (sulfide) groups is 1. The molecule has 1 heterocycles. The first kappa shape index (κ1) is 20.8. The molecule has 1 saturated carbocycles.